The molecule has 130 valence electrons. The van der Waals surface area contributed by atoms with Crippen LogP contribution in [0, 0.1) is 3.95 Å². The molecule has 0 saturated carbocycles. The maximum Gasteiger partial charge on any atom is 0.279 e. The number of hydrogen-bond donors (Lipinski definition) is 1. The van der Waals surface area contributed by atoms with Crippen molar-refractivity contribution in [1.29, 1.82) is 0 Å². The highest BCUT2D eigenvalue weighted by Crippen LogP contribution is 2.36. The molecule has 0 spiro atoms. The van der Waals surface area contributed by atoms with Gasteiger partial charge in [-0.15, -0.1) is 11.3 Å². The van der Waals surface area contributed by atoms with Gasteiger partial charge in [-0.2, -0.15) is 0 Å². The Balaban J connectivity index is 1.94. The zero-order chi connectivity index (χ0) is 18.4. The molecule has 0 radical (unpaired) electrons. The predicted octanol–water partition coefficient (Wildman–Crippen LogP) is 3.72. The molecule has 26 heavy (non-hydrogen) atoms. The zero-order valence-electron chi connectivity index (χ0n) is 13.6. The van der Waals surface area contributed by atoms with Crippen LogP contribution in [0.1, 0.15) is 23.4 Å². The van der Waals surface area contributed by atoms with Crippen LogP contribution in [0.5, 0.6) is 5.88 Å². The molecule has 1 amide bonds. The summed E-state index contributed by atoms with van der Waals surface area (Å²) < 4.78 is 3.04. The van der Waals surface area contributed by atoms with Crippen LogP contribution in [0.15, 0.2) is 58.0 Å². The van der Waals surface area contributed by atoms with Gasteiger partial charge in [-0.3, -0.25) is 9.36 Å². The van der Waals surface area contributed by atoms with Gasteiger partial charge >= 0.3 is 0 Å². The molecule has 1 aromatic heterocycles. The van der Waals surface area contributed by atoms with Crippen LogP contribution in [0.25, 0.3) is 5.57 Å². The Bertz CT molecular complexity index is 1210. The highest BCUT2D eigenvalue weighted by Gasteiger charge is 2.27. The predicted molar refractivity (Wildman–Crippen MR) is 108 cm³/mol. The zero-order valence-corrected chi connectivity index (χ0v) is 16.9. The lowest BCUT2D eigenvalue weighted by Gasteiger charge is -2.15. The summed E-state index contributed by atoms with van der Waals surface area (Å²) in [7, 11) is 0. The van der Waals surface area contributed by atoms with E-state index in [0.29, 0.717) is 25.0 Å². The van der Waals surface area contributed by atoms with Gasteiger partial charge in [0.25, 0.3) is 5.91 Å². The Morgan fingerprint density at radius 2 is 1.96 bits per heavy atom. The molecule has 1 N–H and O–H groups in total. The molecular weight excluding hydrogens is 432 g/mol. The van der Waals surface area contributed by atoms with Gasteiger partial charge in [0.1, 0.15) is 4.88 Å². The molecule has 7 heteroatoms. The van der Waals surface area contributed by atoms with Crippen LogP contribution in [-0.4, -0.2) is 15.6 Å². The molecule has 2 aromatic carbocycles. The van der Waals surface area contributed by atoms with Crippen molar-refractivity contribution >= 4 is 51.0 Å². The van der Waals surface area contributed by atoms with E-state index < -0.39 is 0 Å². The summed E-state index contributed by atoms with van der Waals surface area (Å²) in [6.07, 6.45) is 0. The second-order valence-corrected chi connectivity index (χ2v) is 8.49. The molecular formula is C19H13BrN2O2S2. The number of carbonyl (C=O) groups excluding carboxylic acids is 1. The maximum absolute atomic E-state index is 12.5. The van der Waals surface area contributed by atoms with E-state index in [4.69, 9.17) is 12.2 Å². The Kier molecular flexibility index (Phi) is 4.38. The topological polar surface area (TPSA) is 54.6 Å². The van der Waals surface area contributed by atoms with E-state index in [1.807, 2.05) is 49.4 Å². The van der Waals surface area contributed by atoms with Gasteiger partial charge in [-0.05, 0) is 42.9 Å². The number of nitrogens with zero attached hydrogens (tertiary/aromatic N) is 2. The average Bonchev–Trinajstić information content (AvgIpc) is 3.10. The molecule has 3 aromatic rings. The number of fused-ring (bicyclic) bond motifs is 1. The first-order chi connectivity index (χ1) is 12.5. The summed E-state index contributed by atoms with van der Waals surface area (Å²) in [6, 6.07) is 15.1. The molecule has 1 aliphatic rings. The van der Waals surface area contributed by atoms with Crippen molar-refractivity contribution in [2.75, 3.05) is 0 Å². The summed E-state index contributed by atoms with van der Waals surface area (Å²) in [5.74, 6) is -0.355. The molecule has 0 bridgehead atoms. The van der Waals surface area contributed by atoms with Crippen LogP contribution in [0.2, 0.25) is 0 Å². The third-order valence-electron chi connectivity index (χ3n) is 4.38. The molecule has 0 aliphatic carbocycles. The summed E-state index contributed by atoms with van der Waals surface area (Å²) in [4.78, 5) is 17.0. The lowest BCUT2D eigenvalue weighted by molar-refractivity contribution is -0.112. The molecule has 4 nitrogen and oxygen atoms in total. The fraction of sp³-hybridized carbons (Fsp3) is 0.105. The van der Waals surface area contributed by atoms with E-state index in [-0.39, 0.29) is 17.8 Å². The van der Waals surface area contributed by atoms with Crippen molar-refractivity contribution in [2.45, 2.75) is 13.0 Å². The monoisotopic (exact) mass is 444 g/mol. The first-order valence-corrected chi connectivity index (χ1v) is 9.91. The number of rotatable bonds is 3. The van der Waals surface area contributed by atoms with E-state index >= 15 is 0 Å². The first-order valence-electron chi connectivity index (χ1n) is 7.90. The lowest BCUT2D eigenvalue weighted by Crippen LogP contribution is -2.22. The standard InChI is InChI=1S/C19H13BrN2O2S2/c1-10(11-5-3-2-4-6-11)22-18(24)16(26-19(22)25)15-13-9-12(20)7-8-14(13)21-17(15)23/h2-10,24H,1H3/t10-/m0/s1. The Morgan fingerprint density at radius 3 is 2.69 bits per heavy atom. The summed E-state index contributed by atoms with van der Waals surface area (Å²) >= 11 is 10.1. The SMILES string of the molecule is C[C@@H](c1ccccc1)n1c(O)c(C2=c3cc(Br)ccc3=NC2=O)sc1=S. The van der Waals surface area contributed by atoms with Gasteiger partial charge in [0.2, 0.25) is 5.88 Å². The van der Waals surface area contributed by atoms with Crippen molar-refractivity contribution in [2.24, 2.45) is 4.99 Å². The highest BCUT2D eigenvalue weighted by molar-refractivity contribution is 9.10. The first kappa shape index (κ1) is 17.3. The van der Waals surface area contributed by atoms with E-state index in [2.05, 4.69) is 20.9 Å². The number of aromatic hydroxyl groups is 1. The second kappa shape index (κ2) is 6.57. The van der Waals surface area contributed by atoms with Crippen LogP contribution < -0.4 is 10.6 Å². The minimum absolute atomic E-state index is 0.00253. The van der Waals surface area contributed by atoms with Gasteiger partial charge in [-0.1, -0.05) is 46.3 Å². The van der Waals surface area contributed by atoms with Crippen LogP contribution in [-0.2, 0) is 4.79 Å². The maximum atomic E-state index is 12.5. The largest absolute Gasteiger partial charge is 0.493 e. The molecule has 1 aliphatic heterocycles. The van der Waals surface area contributed by atoms with E-state index in [1.54, 1.807) is 10.6 Å². The molecule has 0 unspecified atom stereocenters. The van der Waals surface area contributed by atoms with Gasteiger partial charge in [0, 0.05) is 9.69 Å². The number of thiazole rings is 1. The van der Waals surface area contributed by atoms with Crippen molar-refractivity contribution < 1.29 is 9.90 Å². The fourth-order valence-corrected chi connectivity index (χ4v) is 4.93. The Hall–Kier alpha value is -2.09. The number of hydrogen-bond acceptors (Lipinski definition) is 4. The van der Waals surface area contributed by atoms with E-state index in [1.165, 1.54) is 11.3 Å². The van der Waals surface area contributed by atoms with Gasteiger partial charge in [-0.25, -0.2) is 4.99 Å². The van der Waals surface area contributed by atoms with Gasteiger partial charge in [0.05, 0.1) is 17.0 Å². The summed E-state index contributed by atoms with van der Waals surface area (Å²) in [5, 5.41) is 12.2. The number of amides is 1. The smallest absolute Gasteiger partial charge is 0.279 e. The molecule has 2 heterocycles. The summed E-state index contributed by atoms with van der Waals surface area (Å²) in [6.45, 7) is 1.97. The highest BCUT2D eigenvalue weighted by atomic mass is 79.9. The number of carbonyl (C=O) groups is 1. The van der Waals surface area contributed by atoms with E-state index in [0.717, 1.165) is 10.0 Å². The van der Waals surface area contributed by atoms with Crippen molar-refractivity contribution in [3.8, 4) is 5.88 Å². The van der Waals surface area contributed by atoms with Crippen LogP contribution in [0.4, 0.5) is 0 Å². The van der Waals surface area contributed by atoms with Gasteiger partial charge < -0.3 is 5.11 Å². The summed E-state index contributed by atoms with van der Waals surface area (Å²) in [5.41, 5.74) is 1.42. The molecule has 0 fully saturated rings. The minimum Gasteiger partial charge on any atom is -0.493 e. The lowest BCUT2D eigenvalue weighted by atomic mass is 10.1. The third-order valence-corrected chi connectivity index (χ3v) is 6.28. The van der Waals surface area contributed by atoms with Crippen molar-refractivity contribution in [3.05, 3.63) is 78.0 Å². The Morgan fingerprint density at radius 1 is 1.23 bits per heavy atom. The van der Waals surface area contributed by atoms with Crippen LogP contribution in [0.3, 0.4) is 0 Å². The van der Waals surface area contributed by atoms with Crippen molar-refractivity contribution in [1.82, 2.24) is 4.57 Å². The quantitative estimate of drug-likeness (QED) is 0.626. The van der Waals surface area contributed by atoms with E-state index in [9.17, 15) is 9.90 Å². The molecule has 4 rings (SSSR count). The van der Waals surface area contributed by atoms with Crippen molar-refractivity contribution in [3.63, 3.8) is 0 Å². The second-order valence-electron chi connectivity index (χ2n) is 5.93. The van der Waals surface area contributed by atoms with Gasteiger partial charge in [0.15, 0.2) is 3.95 Å². The fourth-order valence-electron chi connectivity index (χ4n) is 3.07. The molecule has 0 saturated heterocycles. The number of aromatic nitrogens is 1. The normalized spacial score (nSPS) is 14.2. The molecule has 1 atom stereocenters. The van der Waals surface area contributed by atoms with Crippen LogP contribution >= 0.6 is 39.5 Å². The average molecular weight is 445 g/mol. The number of benzene rings is 2. The third kappa shape index (κ3) is 2.76. The minimum atomic E-state index is -0.357. The number of halogens is 1. The Labute approximate surface area is 166 Å².